The second-order valence-electron chi connectivity index (χ2n) is 11.4. The molecule has 3 aromatic rings. The Morgan fingerprint density at radius 2 is 1.86 bits per heavy atom. The Balaban J connectivity index is 1.48. The molecular formula is C28H33N5O3. The molecule has 8 heteroatoms. The van der Waals surface area contributed by atoms with Gasteiger partial charge in [0.05, 0.1) is 11.0 Å². The molecule has 36 heavy (non-hydrogen) atoms. The van der Waals surface area contributed by atoms with Crippen molar-refractivity contribution in [2.45, 2.75) is 52.6 Å². The van der Waals surface area contributed by atoms with Gasteiger partial charge in [-0.3, -0.25) is 19.0 Å². The van der Waals surface area contributed by atoms with Crippen molar-refractivity contribution < 1.29 is 9.59 Å². The largest absolute Gasteiger partial charge is 0.355 e. The first-order chi connectivity index (χ1) is 17.1. The maximum Gasteiger partial charge on any atom is 0.294 e. The Kier molecular flexibility index (Phi) is 5.85. The summed E-state index contributed by atoms with van der Waals surface area (Å²) in [6.45, 7) is 7.55. The third kappa shape index (κ3) is 4.47. The van der Waals surface area contributed by atoms with E-state index >= 15 is 0 Å². The summed E-state index contributed by atoms with van der Waals surface area (Å²) in [5.41, 5.74) is 2.35. The summed E-state index contributed by atoms with van der Waals surface area (Å²) in [6.07, 6.45) is 3.18. The monoisotopic (exact) mass is 487 g/mol. The zero-order chi connectivity index (χ0) is 25.7. The number of anilines is 2. The van der Waals surface area contributed by atoms with Gasteiger partial charge in [0.2, 0.25) is 5.91 Å². The van der Waals surface area contributed by atoms with Gasteiger partial charge >= 0.3 is 0 Å². The molecule has 8 nitrogen and oxygen atoms in total. The molecular weight excluding hydrogens is 454 g/mol. The minimum atomic E-state index is -0.346. The number of aromatic nitrogens is 2. The first-order valence-electron chi connectivity index (χ1n) is 12.5. The average molecular weight is 488 g/mol. The fourth-order valence-electron chi connectivity index (χ4n) is 6.46. The van der Waals surface area contributed by atoms with Gasteiger partial charge in [0, 0.05) is 30.9 Å². The lowest BCUT2D eigenvalue weighted by molar-refractivity contribution is -0.116. The van der Waals surface area contributed by atoms with Crippen molar-refractivity contribution in [2.75, 3.05) is 23.8 Å². The van der Waals surface area contributed by atoms with Gasteiger partial charge in [-0.25, -0.2) is 4.98 Å². The number of nitrogens with one attached hydrogen (secondary N) is 2. The molecule has 1 saturated carbocycles. The highest BCUT2D eigenvalue weighted by atomic mass is 16.2. The summed E-state index contributed by atoms with van der Waals surface area (Å²) in [5.74, 6) is -0.156. The summed E-state index contributed by atoms with van der Waals surface area (Å²) in [6, 6.07) is 14.4. The summed E-state index contributed by atoms with van der Waals surface area (Å²) in [7, 11) is 1.56. The molecule has 1 aliphatic carbocycles. The van der Waals surface area contributed by atoms with Gasteiger partial charge in [-0.2, -0.15) is 0 Å². The number of carbonyl (C=O) groups is 2. The topological polar surface area (TPSA) is 96.3 Å². The standard InChI is InChI=1S/C28H33N5O3/c1-27(2)13-20-14-28(3,16-27)17-33(20)24-26(36)32(22-11-6-5-10-21(22)31-24)15-23(34)30-19-9-7-8-18(12-19)25(35)29-4/h5-12,20H,13-17H2,1-4H3,(H,29,35)(H,30,34). The smallest absolute Gasteiger partial charge is 0.294 e. The van der Waals surface area contributed by atoms with Crippen LogP contribution in [-0.2, 0) is 11.3 Å². The lowest BCUT2D eigenvalue weighted by atomic mass is 9.65. The molecule has 0 spiro atoms. The molecule has 2 unspecified atom stereocenters. The molecule has 1 saturated heterocycles. The second kappa shape index (κ2) is 8.76. The van der Waals surface area contributed by atoms with Crippen LogP contribution in [0.4, 0.5) is 11.5 Å². The summed E-state index contributed by atoms with van der Waals surface area (Å²) >= 11 is 0. The van der Waals surface area contributed by atoms with Gasteiger partial charge in [-0.1, -0.05) is 39.0 Å². The van der Waals surface area contributed by atoms with E-state index in [-0.39, 0.29) is 40.8 Å². The van der Waals surface area contributed by atoms with E-state index in [1.807, 2.05) is 24.3 Å². The molecule has 2 atom stereocenters. The predicted molar refractivity (Wildman–Crippen MR) is 141 cm³/mol. The fraction of sp³-hybridized carbons (Fsp3) is 0.429. The Labute approximate surface area is 210 Å². The number of fused-ring (bicyclic) bond motifs is 3. The molecule has 0 radical (unpaired) electrons. The van der Waals surface area contributed by atoms with Gasteiger partial charge in [0.15, 0.2) is 5.82 Å². The van der Waals surface area contributed by atoms with Crippen LogP contribution in [0.3, 0.4) is 0 Å². The summed E-state index contributed by atoms with van der Waals surface area (Å²) in [4.78, 5) is 45.8. The molecule has 2 fully saturated rings. The molecule has 188 valence electrons. The van der Waals surface area contributed by atoms with Crippen molar-refractivity contribution in [2.24, 2.45) is 10.8 Å². The van der Waals surface area contributed by atoms with Gasteiger partial charge in [-0.15, -0.1) is 0 Å². The SMILES string of the molecule is CNC(=O)c1cccc(NC(=O)Cn2c(=O)c(N3CC4(C)CC3CC(C)(C)C4)nc3ccccc32)c1. The van der Waals surface area contributed by atoms with Crippen LogP contribution in [0.1, 0.15) is 50.4 Å². The van der Waals surface area contributed by atoms with E-state index in [4.69, 9.17) is 4.98 Å². The molecule has 2 amide bonds. The van der Waals surface area contributed by atoms with E-state index in [1.165, 1.54) is 4.57 Å². The van der Waals surface area contributed by atoms with Gasteiger partial charge in [-0.05, 0) is 60.4 Å². The van der Waals surface area contributed by atoms with E-state index in [0.717, 1.165) is 25.8 Å². The lowest BCUT2D eigenvalue weighted by Gasteiger charge is -2.39. The molecule has 2 bridgehead atoms. The molecule has 2 N–H and O–H groups in total. The van der Waals surface area contributed by atoms with Gasteiger partial charge in [0.25, 0.3) is 11.5 Å². The normalized spacial score (nSPS) is 22.4. The highest BCUT2D eigenvalue weighted by Gasteiger charge is 2.50. The van der Waals surface area contributed by atoms with Gasteiger partial charge in [0.1, 0.15) is 6.54 Å². The third-order valence-corrected chi connectivity index (χ3v) is 7.46. The zero-order valence-corrected chi connectivity index (χ0v) is 21.3. The number of hydrogen-bond donors (Lipinski definition) is 2. The number of para-hydroxylation sites is 2. The summed E-state index contributed by atoms with van der Waals surface area (Å²) in [5, 5.41) is 5.41. The Morgan fingerprint density at radius 1 is 1.08 bits per heavy atom. The molecule has 1 aliphatic heterocycles. The molecule has 5 rings (SSSR count). The number of hydrogen-bond acceptors (Lipinski definition) is 5. The summed E-state index contributed by atoms with van der Waals surface area (Å²) < 4.78 is 1.52. The van der Waals surface area contributed by atoms with Crippen LogP contribution in [0.15, 0.2) is 53.3 Å². The Bertz CT molecular complexity index is 1410. The predicted octanol–water partition coefficient (Wildman–Crippen LogP) is 3.80. The van der Waals surface area contributed by atoms with Crippen LogP contribution in [0.5, 0.6) is 0 Å². The maximum absolute atomic E-state index is 13.8. The lowest BCUT2D eigenvalue weighted by Crippen LogP contribution is -2.39. The van der Waals surface area contributed by atoms with E-state index in [2.05, 4.69) is 36.3 Å². The van der Waals surface area contributed by atoms with E-state index in [0.29, 0.717) is 28.1 Å². The second-order valence-corrected chi connectivity index (χ2v) is 11.4. The van der Waals surface area contributed by atoms with Crippen LogP contribution >= 0.6 is 0 Å². The fourth-order valence-corrected chi connectivity index (χ4v) is 6.46. The number of benzene rings is 2. The Morgan fingerprint density at radius 3 is 2.64 bits per heavy atom. The van der Waals surface area contributed by atoms with E-state index in [9.17, 15) is 14.4 Å². The van der Waals surface area contributed by atoms with E-state index in [1.54, 1.807) is 31.3 Å². The molecule has 2 heterocycles. The van der Waals surface area contributed by atoms with Crippen LogP contribution in [-0.4, -0.2) is 41.0 Å². The van der Waals surface area contributed by atoms with Crippen LogP contribution < -0.4 is 21.1 Å². The molecule has 2 aromatic carbocycles. The Hall–Kier alpha value is -3.68. The number of amides is 2. The first kappa shape index (κ1) is 24.0. The van der Waals surface area contributed by atoms with Crippen molar-refractivity contribution in [3.05, 3.63) is 64.4 Å². The minimum absolute atomic E-state index is 0.143. The first-order valence-corrected chi connectivity index (χ1v) is 12.5. The van der Waals surface area contributed by atoms with Crippen molar-refractivity contribution in [3.8, 4) is 0 Å². The minimum Gasteiger partial charge on any atom is -0.355 e. The van der Waals surface area contributed by atoms with Crippen LogP contribution in [0.25, 0.3) is 11.0 Å². The van der Waals surface area contributed by atoms with Crippen molar-refractivity contribution in [1.29, 1.82) is 0 Å². The van der Waals surface area contributed by atoms with Crippen molar-refractivity contribution >= 4 is 34.4 Å². The van der Waals surface area contributed by atoms with Crippen molar-refractivity contribution in [3.63, 3.8) is 0 Å². The average Bonchev–Trinajstić information content (AvgIpc) is 3.08. The molecule has 2 aliphatic rings. The van der Waals surface area contributed by atoms with E-state index < -0.39 is 0 Å². The quantitative estimate of drug-likeness (QED) is 0.571. The maximum atomic E-state index is 13.8. The third-order valence-electron chi connectivity index (χ3n) is 7.46. The highest BCUT2D eigenvalue weighted by Crippen LogP contribution is 2.52. The van der Waals surface area contributed by atoms with Gasteiger partial charge < -0.3 is 15.5 Å². The molecule has 1 aromatic heterocycles. The van der Waals surface area contributed by atoms with Crippen molar-refractivity contribution in [1.82, 2.24) is 14.9 Å². The van der Waals surface area contributed by atoms with Crippen LogP contribution in [0.2, 0.25) is 0 Å². The number of nitrogens with zero attached hydrogens (tertiary/aromatic N) is 3. The number of rotatable bonds is 5. The van der Waals surface area contributed by atoms with Crippen LogP contribution in [0, 0.1) is 10.8 Å². The number of carbonyl (C=O) groups excluding carboxylic acids is 2. The highest BCUT2D eigenvalue weighted by molar-refractivity contribution is 5.97. The zero-order valence-electron chi connectivity index (χ0n) is 21.3.